The Morgan fingerprint density at radius 3 is 2.47 bits per heavy atom. The molecule has 0 amide bonds. The Hall–Kier alpha value is -1.61. The number of benzene rings is 1. The number of rotatable bonds is 5. The molecule has 7 nitrogen and oxygen atoms in total. The molecular formula is C10H14N2O5S2. The Kier molecular flexibility index (Phi) is 4.53. The van der Waals surface area contributed by atoms with Crippen LogP contribution < -0.4 is 4.72 Å². The highest BCUT2D eigenvalue weighted by Crippen LogP contribution is 2.13. The fourth-order valence-electron chi connectivity index (χ4n) is 1.36. The minimum Gasteiger partial charge on any atom is -0.411 e. The maximum atomic E-state index is 11.6. The van der Waals surface area contributed by atoms with E-state index in [9.17, 15) is 16.8 Å². The van der Waals surface area contributed by atoms with Crippen LogP contribution in [0.4, 0.5) is 5.69 Å². The highest BCUT2D eigenvalue weighted by atomic mass is 32.3. The van der Waals surface area contributed by atoms with E-state index in [0.29, 0.717) is 11.3 Å². The van der Waals surface area contributed by atoms with Crippen LogP contribution in [0.2, 0.25) is 0 Å². The molecule has 0 fully saturated rings. The van der Waals surface area contributed by atoms with Crippen LogP contribution in [0.15, 0.2) is 29.4 Å². The van der Waals surface area contributed by atoms with E-state index in [1.165, 1.54) is 12.1 Å². The maximum absolute atomic E-state index is 11.6. The summed E-state index contributed by atoms with van der Waals surface area (Å²) in [6.45, 7) is 1.55. The molecule has 1 rings (SSSR count). The van der Waals surface area contributed by atoms with Crippen molar-refractivity contribution in [3.63, 3.8) is 0 Å². The fraction of sp³-hybridized carbons (Fsp3) is 0.300. The van der Waals surface area contributed by atoms with Crippen LogP contribution in [-0.4, -0.2) is 39.1 Å². The third-order valence-electron chi connectivity index (χ3n) is 2.07. The SMILES string of the molecule is C/C(=N/O)c1cccc(NS(=O)(=O)CS(C)(=O)=O)c1. The van der Waals surface area contributed by atoms with Gasteiger partial charge in [0.05, 0.1) is 5.71 Å². The third-order valence-corrected chi connectivity index (χ3v) is 5.57. The molecule has 0 heterocycles. The maximum Gasteiger partial charge on any atom is 0.247 e. The lowest BCUT2D eigenvalue weighted by Crippen LogP contribution is -2.22. The van der Waals surface area contributed by atoms with Gasteiger partial charge in [0.15, 0.2) is 14.9 Å². The van der Waals surface area contributed by atoms with Gasteiger partial charge in [-0.25, -0.2) is 16.8 Å². The topological polar surface area (TPSA) is 113 Å². The molecule has 0 radical (unpaired) electrons. The Bertz CT molecular complexity index is 692. The summed E-state index contributed by atoms with van der Waals surface area (Å²) >= 11 is 0. The second kappa shape index (κ2) is 5.57. The van der Waals surface area contributed by atoms with Gasteiger partial charge in [0.2, 0.25) is 10.0 Å². The number of hydrogen-bond acceptors (Lipinski definition) is 6. The number of nitrogens with one attached hydrogen (secondary N) is 1. The third kappa shape index (κ3) is 5.26. The van der Waals surface area contributed by atoms with Crippen molar-refractivity contribution in [2.45, 2.75) is 6.92 Å². The smallest absolute Gasteiger partial charge is 0.247 e. The van der Waals surface area contributed by atoms with E-state index in [2.05, 4.69) is 9.88 Å². The molecule has 1 aromatic carbocycles. The molecule has 9 heteroatoms. The summed E-state index contributed by atoms with van der Waals surface area (Å²) in [6.07, 6.45) is 0.839. The van der Waals surface area contributed by atoms with Gasteiger partial charge in [0, 0.05) is 17.5 Å². The zero-order valence-corrected chi connectivity index (χ0v) is 12.0. The molecule has 0 saturated carbocycles. The molecule has 0 aromatic heterocycles. The summed E-state index contributed by atoms with van der Waals surface area (Å²) < 4.78 is 47.3. The summed E-state index contributed by atoms with van der Waals surface area (Å²) in [7, 11) is -7.63. The van der Waals surface area contributed by atoms with Crippen LogP contribution in [0.1, 0.15) is 12.5 Å². The highest BCUT2D eigenvalue weighted by Gasteiger charge is 2.18. The van der Waals surface area contributed by atoms with Crippen LogP contribution in [-0.2, 0) is 19.9 Å². The second-order valence-corrected chi connectivity index (χ2v) is 8.25. The zero-order valence-electron chi connectivity index (χ0n) is 10.4. The molecule has 0 spiro atoms. The molecular weight excluding hydrogens is 292 g/mol. The lowest BCUT2D eigenvalue weighted by molar-refractivity contribution is 0.319. The van der Waals surface area contributed by atoms with Gasteiger partial charge in [-0.2, -0.15) is 0 Å². The zero-order chi connectivity index (χ0) is 14.7. The van der Waals surface area contributed by atoms with Gasteiger partial charge in [0.25, 0.3) is 0 Å². The first-order valence-corrected chi connectivity index (χ1v) is 8.81. The molecule has 0 aliphatic carbocycles. The van der Waals surface area contributed by atoms with E-state index in [0.717, 1.165) is 6.26 Å². The minimum absolute atomic E-state index is 0.198. The first-order valence-electron chi connectivity index (χ1n) is 5.10. The van der Waals surface area contributed by atoms with Gasteiger partial charge in [0.1, 0.15) is 0 Å². The first-order chi connectivity index (χ1) is 8.63. The molecule has 2 N–H and O–H groups in total. The average molecular weight is 306 g/mol. The molecule has 0 aliphatic rings. The second-order valence-electron chi connectivity index (χ2n) is 4.03. The standard InChI is InChI=1S/C10H14N2O5S2/c1-8(11-13)9-4-3-5-10(6-9)12-19(16,17)7-18(2,14)15/h3-6,12-13H,7H2,1-2H3/b11-8-. The van der Waals surface area contributed by atoms with Crippen molar-refractivity contribution in [3.05, 3.63) is 29.8 Å². The van der Waals surface area contributed by atoms with Crippen molar-refractivity contribution in [1.82, 2.24) is 0 Å². The number of oxime groups is 1. The van der Waals surface area contributed by atoms with Crippen molar-refractivity contribution in [1.29, 1.82) is 0 Å². The van der Waals surface area contributed by atoms with Crippen LogP contribution in [0.5, 0.6) is 0 Å². The van der Waals surface area contributed by atoms with Gasteiger partial charge >= 0.3 is 0 Å². The van der Waals surface area contributed by atoms with Crippen molar-refractivity contribution in [3.8, 4) is 0 Å². The van der Waals surface area contributed by atoms with Crippen LogP contribution >= 0.6 is 0 Å². The Morgan fingerprint density at radius 1 is 1.32 bits per heavy atom. The number of hydrogen-bond donors (Lipinski definition) is 2. The number of sulfonamides is 1. The van der Waals surface area contributed by atoms with Crippen LogP contribution in [0.3, 0.4) is 0 Å². The van der Waals surface area contributed by atoms with Crippen molar-refractivity contribution in [2.24, 2.45) is 5.16 Å². The summed E-state index contributed by atoms with van der Waals surface area (Å²) in [6, 6.07) is 6.09. The molecule has 0 atom stereocenters. The van der Waals surface area contributed by atoms with Crippen LogP contribution in [0.25, 0.3) is 0 Å². The van der Waals surface area contributed by atoms with Gasteiger partial charge in [-0.3, -0.25) is 4.72 Å². The largest absolute Gasteiger partial charge is 0.411 e. The highest BCUT2D eigenvalue weighted by molar-refractivity contribution is 8.08. The molecule has 19 heavy (non-hydrogen) atoms. The van der Waals surface area contributed by atoms with Gasteiger partial charge in [-0.1, -0.05) is 17.3 Å². The fourth-order valence-corrected chi connectivity index (χ4v) is 4.33. The predicted molar refractivity (Wildman–Crippen MR) is 72.7 cm³/mol. The van der Waals surface area contributed by atoms with E-state index >= 15 is 0 Å². The number of anilines is 1. The van der Waals surface area contributed by atoms with E-state index in [-0.39, 0.29) is 5.69 Å². The minimum atomic E-state index is -3.98. The number of nitrogens with zero attached hydrogens (tertiary/aromatic N) is 1. The molecule has 0 bridgehead atoms. The van der Waals surface area contributed by atoms with Crippen LogP contribution in [0, 0.1) is 0 Å². The van der Waals surface area contributed by atoms with Crippen molar-refractivity contribution >= 4 is 31.3 Å². The van der Waals surface area contributed by atoms with E-state index < -0.39 is 24.9 Å². The molecule has 1 aromatic rings. The predicted octanol–water partition coefficient (Wildman–Crippen LogP) is 0.629. The lowest BCUT2D eigenvalue weighted by atomic mass is 10.1. The van der Waals surface area contributed by atoms with Gasteiger partial charge in [-0.05, 0) is 19.1 Å². The monoisotopic (exact) mass is 306 g/mol. The Labute approximate surface area is 111 Å². The van der Waals surface area contributed by atoms with Gasteiger partial charge in [-0.15, -0.1) is 0 Å². The lowest BCUT2D eigenvalue weighted by Gasteiger charge is -2.08. The Morgan fingerprint density at radius 2 is 1.95 bits per heavy atom. The summed E-state index contributed by atoms with van der Waals surface area (Å²) in [5.41, 5.74) is 1.02. The van der Waals surface area contributed by atoms with E-state index in [1.54, 1.807) is 19.1 Å². The molecule has 0 saturated heterocycles. The normalized spacial score (nSPS) is 13.3. The Balaban J connectivity index is 3.01. The summed E-state index contributed by atoms with van der Waals surface area (Å²) in [5.74, 6) is 0. The molecule has 106 valence electrons. The first kappa shape index (κ1) is 15.4. The number of sulfone groups is 1. The molecule has 0 unspecified atom stereocenters. The molecule has 0 aliphatic heterocycles. The average Bonchev–Trinajstić information content (AvgIpc) is 2.24. The summed E-state index contributed by atoms with van der Waals surface area (Å²) in [4.78, 5) is 0. The quantitative estimate of drug-likeness (QED) is 0.470. The van der Waals surface area contributed by atoms with Crippen molar-refractivity contribution < 1.29 is 22.0 Å². The van der Waals surface area contributed by atoms with Crippen molar-refractivity contribution in [2.75, 3.05) is 16.1 Å². The van der Waals surface area contributed by atoms with E-state index in [1.807, 2.05) is 0 Å². The van der Waals surface area contributed by atoms with Gasteiger partial charge < -0.3 is 5.21 Å². The summed E-state index contributed by atoms with van der Waals surface area (Å²) in [5, 5.41) is 10.6. The van der Waals surface area contributed by atoms with E-state index in [4.69, 9.17) is 5.21 Å².